The molecular weight excluding hydrogens is 334 g/mol. The fraction of sp³-hybridized carbons (Fsp3) is 0.700. The highest BCUT2D eigenvalue weighted by Gasteiger charge is 2.18. The van der Waals surface area contributed by atoms with Gasteiger partial charge < -0.3 is 5.73 Å². The first-order chi connectivity index (χ1) is 12.1. The Labute approximate surface area is 154 Å². The number of unbranched alkanes of at least 4 members (excludes halogenated alkanes) is 9. The molecule has 0 unspecified atom stereocenters. The van der Waals surface area contributed by atoms with Gasteiger partial charge in [-0.25, -0.2) is 0 Å². The minimum atomic E-state index is -3.70. The lowest BCUT2D eigenvalue weighted by Gasteiger charge is -2.10. The predicted molar refractivity (Wildman–Crippen MR) is 104 cm³/mol. The molecule has 2 N–H and O–H groups in total. The van der Waals surface area contributed by atoms with E-state index in [4.69, 9.17) is 9.92 Å². The van der Waals surface area contributed by atoms with Crippen molar-refractivity contribution in [3.05, 3.63) is 29.8 Å². The van der Waals surface area contributed by atoms with Gasteiger partial charge in [-0.05, 0) is 24.5 Å². The number of hydrogen-bond acceptors (Lipinski definition) is 4. The van der Waals surface area contributed by atoms with Crippen molar-refractivity contribution in [3.8, 4) is 0 Å². The van der Waals surface area contributed by atoms with Crippen molar-refractivity contribution in [2.45, 2.75) is 82.4 Å². The van der Waals surface area contributed by atoms with Crippen molar-refractivity contribution in [2.75, 3.05) is 13.2 Å². The van der Waals surface area contributed by atoms with Gasteiger partial charge in [-0.1, -0.05) is 82.9 Å². The summed E-state index contributed by atoms with van der Waals surface area (Å²) < 4.78 is 29.4. The summed E-state index contributed by atoms with van der Waals surface area (Å²) >= 11 is 0. The van der Waals surface area contributed by atoms with Crippen LogP contribution in [0.3, 0.4) is 0 Å². The molecule has 0 saturated heterocycles. The van der Waals surface area contributed by atoms with Crippen molar-refractivity contribution in [1.82, 2.24) is 0 Å². The molecule has 1 rings (SSSR count). The number of hydrogen-bond donors (Lipinski definition) is 1. The van der Waals surface area contributed by atoms with Crippen LogP contribution in [0.25, 0.3) is 0 Å². The van der Waals surface area contributed by atoms with Gasteiger partial charge in [-0.2, -0.15) is 8.42 Å². The molecule has 4 nitrogen and oxygen atoms in total. The Morgan fingerprint density at radius 3 is 2.04 bits per heavy atom. The highest BCUT2D eigenvalue weighted by molar-refractivity contribution is 7.86. The van der Waals surface area contributed by atoms with Crippen LogP contribution in [0.5, 0.6) is 0 Å². The van der Waals surface area contributed by atoms with E-state index in [1.165, 1.54) is 51.4 Å². The molecule has 0 bridgehead atoms. The van der Waals surface area contributed by atoms with Crippen molar-refractivity contribution in [2.24, 2.45) is 5.73 Å². The fourth-order valence-electron chi connectivity index (χ4n) is 2.98. The Bertz CT molecular complexity index is 558. The van der Waals surface area contributed by atoms with E-state index in [1.807, 2.05) is 12.1 Å². The SMILES string of the molecule is CCCCCCCCCCCCc1ccccc1S(=O)(=O)OCCN. The normalized spacial score (nSPS) is 11.8. The third-order valence-corrected chi connectivity index (χ3v) is 5.81. The first kappa shape index (κ1) is 22.1. The minimum absolute atomic E-state index is 0.0227. The molecule has 1 aromatic rings. The first-order valence-corrected chi connectivity index (χ1v) is 11.2. The molecule has 0 fully saturated rings. The molecular formula is C20H35NO3S. The number of aryl methyl sites for hydroxylation is 1. The molecule has 0 aliphatic carbocycles. The maximum atomic E-state index is 12.2. The lowest BCUT2D eigenvalue weighted by atomic mass is 10.0. The van der Waals surface area contributed by atoms with Crippen LogP contribution in [-0.2, 0) is 20.7 Å². The maximum Gasteiger partial charge on any atom is 0.297 e. The molecule has 0 aliphatic heterocycles. The van der Waals surface area contributed by atoms with Crippen LogP contribution in [0.2, 0.25) is 0 Å². The molecule has 0 saturated carbocycles. The molecule has 25 heavy (non-hydrogen) atoms. The zero-order chi connectivity index (χ0) is 18.4. The van der Waals surface area contributed by atoms with E-state index in [-0.39, 0.29) is 13.2 Å². The number of benzene rings is 1. The van der Waals surface area contributed by atoms with E-state index in [0.717, 1.165) is 24.8 Å². The smallest absolute Gasteiger partial charge is 0.297 e. The molecule has 0 aromatic heterocycles. The fourth-order valence-corrected chi connectivity index (χ4v) is 4.16. The van der Waals surface area contributed by atoms with Crippen LogP contribution < -0.4 is 5.73 Å². The molecule has 0 amide bonds. The summed E-state index contributed by atoms with van der Waals surface area (Å²) in [6.45, 7) is 2.46. The molecule has 5 heteroatoms. The second-order valence-electron chi connectivity index (χ2n) is 6.60. The van der Waals surface area contributed by atoms with E-state index < -0.39 is 10.1 Å². The van der Waals surface area contributed by atoms with E-state index in [2.05, 4.69) is 6.92 Å². The molecule has 0 aliphatic rings. The number of nitrogens with two attached hydrogens (primary N) is 1. The lowest BCUT2D eigenvalue weighted by Crippen LogP contribution is -2.15. The van der Waals surface area contributed by atoms with Gasteiger partial charge in [0.15, 0.2) is 0 Å². The van der Waals surface area contributed by atoms with Gasteiger partial charge in [0.2, 0.25) is 0 Å². The van der Waals surface area contributed by atoms with Gasteiger partial charge in [0, 0.05) is 6.54 Å². The average molecular weight is 370 g/mol. The zero-order valence-electron chi connectivity index (χ0n) is 15.7. The van der Waals surface area contributed by atoms with E-state index in [9.17, 15) is 8.42 Å². The van der Waals surface area contributed by atoms with Gasteiger partial charge in [0.1, 0.15) is 0 Å². The van der Waals surface area contributed by atoms with Crippen LogP contribution in [0.1, 0.15) is 76.7 Å². The average Bonchev–Trinajstić information content (AvgIpc) is 2.62. The zero-order valence-corrected chi connectivity index (χ0v) is 16.5. The Balaban J connectivity index is 2.29. The second-order valence-corrected chi connectivity index (χ2v) is 8.19. The predicted octanol–water partition coefficient (Wildman–Crippen LogP) is 4.81. The molecule has 0 spiro atoms. The third-order valence-electron chi connectivity index (χ3n) is 4.40. The second kappa shape index (κ2) is 13.3. The van der Waals surface area contributed by atoms with Gasteiger partial charge in [0.25, 0.3) is 10.1 Å². The van der Waals surface area contributed by atoms with E-state index in [1.54, 1.807) is 12.1 Å². The van der Waals surface area contributed by atoms with Crippen molar-refractivity contribution < 1.29 is 12.6 Å². The van der Waals surface area contributed by atoms with E-state index >= 15 is 0 Å². The topological polar surface area (TPSA) is 69.4 Å². The maximum absolute atomic E-state index is 12.2. The minimum Gasteiger partial charge on any atom is -0.328 e. The number of rotatable bonds is 15. The Kier molecular flexibility index (Phi) is 11.8. The van der Waals surface area contributed by atoms with Crippen LogP contribution >= 0.6 is 0 Å². The van der Waals surface area contributed by atoms with Gasteiger partial charge in [-0.3, -0.25) is 4.18 Å². The third kappa shape index (κ3) is 9.38. The molecule has 0 atom stereocenters. The Hall–Kier alpha value is -0.910. The van der Waals surface area contributed by atoms with Crippen molar-refractivity contribution in [1.29, 1.82) is 0 Å². The summed E-state index contributed by atoms with van der Waals surface area (Å²) in [4.78, 5) is 0.291. The lowest BCUT2D eigenvalue weighted by molar-refractivity contribution is 0.327. The largest absolute Gasteiger partial charge is 0.328 e. The molecule has 0 radical (unpaired) electrons. The molecule has 1 aromatic carbocycles. The quantitative estimate of drug-likeness (QED) is 0.356. The molecule has 144 valence electrons. The van der Waals surface area contributed by atoms with Gasteiger partial charge in [0.05, 0.1) is 11.5 Å². The van der Waals surface area contributed by atoms with Gasteiger partial charge >= 0.3 is 0 Å². The van der Waals surface area contributed by atoms with Crippen LogP contribution in [-0.4, -0.2) is 21.6 Å². The summed E-state index contributed by atoms with van der Waals surface area (Å²) in [5.41, 5.74) is 6.18. The summed E-state index contributed by atoms with van der Waals surface area (Å²) in [5.74, 6) is 0. The molecule has 0 heterocycles. The Morgan fingerprint density at radius 2 is 1.44 bits per heavy atom. The van der Waals surface area contributed by atoms with Crippen LogP contribution in [0.15, 0.2) is 29.2 Å². The van der Waals surface area contributed by atoms with Crippen molar-refractivity contribution >= 4 is 10.1 Å². The standard InChI is InChI=1S/C20H35NO3S/c1-2-3-4-5-6-7-8-9-10-11-14-19-15-12-13-16-20(19)25(22,23)24-18-17-21/h12-13,15-16H,2-11,14,17-18,21H2,1H3. The summed E-state index contributed by atoms with van der Waals surface area (Å²) in [7, 11) is -3.70. The van der Waals surface area contributed by atoms with Crippen LogP contribution in [0, 0.1) is 0 Å². The summed E-state index contributed by atoms with van der Waals surface area (Å²) in [5, 5.41) is 0. The Morgan fingerprint density at radius 1 is 0.880 bits per heavy atom. The highest BCUT2D eigenvalue weighted by atomic mass is 32.2. The summed E-state index contributed by atoms with van der Waals surface area (Å²) in [6.07, 6.45) is 13.5. The van der Waals surface area contributed by atoms with Gasteiger partial charge in [-0.15, -0.1) is 0 Å². The highest BCUT2D eigenvalue weighted by Crippen LogP contribution is 2.20. The van der Waals surface area contributed by atoms with Crippen molar-refractivity contribution in [3.63, 3.8) is 0 Å². The summed E-state index contributed by atoms with van der Waals surface area (Å²) in [6, 6.07) is 7.12. The monoisotopic (exact) mass is 369 g/mol. The van der Waals surface area contributed by atoms with E-state index in [0.29, 0.717) is 4.90 Å². The first-order valence-electron chi connectivity index (χ1n) is 9.79. The van der Waals surface area contributed by atoms with Crippen LogP contribution in [0.4, 0.5) is 0 Å².